The molecule has 28 heavy (non-hydrogen) atoms. The first-order valence-electron chi connectivity index (χ1n) is 9.18. The third-order valence-electron chi connectivity index (χ3n) is 4.85. The minimum absolute atomic E-state index is 0.0479. The van der Waals surface area contributed by atoms with Crippen molar-refractivity contribution >= 4 is 39.9 Å². The van der Waals surface area contributed by atoms with Gasteiger partial charge < -0.3 is 5.32 Å². The van der Waals surface area contributed by atoms with E-state index in [4.69, 9.17) is 0 Å². The topological polar surface area (TPSA) is 59.3 Å². The van der Waals surface area contributed by atoms with Crippen LogP contribution in [0.4, 0.5) is 5.69 Å². The molecule has 4 rings (SSSR count). The first-order valence-corrected chi connectivity index (χ1v) is 10.2. The molecule has 4 aromatic rings. The van der Waals surface area contributed by atoms with Crippen LogP contribution in [0.15, 0.2) is 47.6 Å². The number of rotatable bonds is 4. The molecule has 0 spiro atoms. The molecule has 0 saturated carbocycles. The molecule has 6 heteroatoms. The van der Waals surface area contributed by atoms with Gasteiger partial charge in [-0.25, -0.2) is 0 Å². The predicted octanol–water partition coefficient (Wildman–Crippen LogP) is 4.85. The zero-order chi connectivity index (χ0) is 19.8. The molecule has 0 aliphatic carbocycles. The molecule has 0 fully saturated rings. The number of pyridine rings is 1. The van der Waals surface area contributed by atoms with Gasteiger partial charge in [0.15, 0.2) is 10.8 Å². The van der Waals surface area contributed by atoms with E-state index < -0.39 is 0 Å². The summed E-state index contributed by atoms with van der Waals surface area (Å²) in [5.74, 6) is 0.226. The number of fused-ring (bicyclic) bond motifs is 3. The molecule has 1 N–H and O–H groups in total. The second-order valence-electron chi connectivity index (χ2n) is 7.13. The normalized spacial score (nSPS) is 11.3. The third-order valence-corrected chi connectivity index (χ3v) is 5.78. The van der Waals surface area contributed by atoms with Crippen LogP contribution in [0, 0.1) is 27.7 Å². The lowest BCUT2D eigenvalue weighted by Gasteiger charge is -2.12. The van der Waals surface area contributed by atoms with Gasteiger partial charge in [0.2, 0.25) is 5.91 Å². The Morgan fingerprint density at radius 1 is 1.00 bits per heavy atom. The van der Waals surface area contributed by atoms with Crippen LogP contribution in [0.25, 0.3) is 16.6 Å². The summed E-state index contributed by atoms with van der Waals surface area (Å²) in [6.07, 6.45) is 0. The molecule has 0 unspecified atom stereocenters. The van der Waals surface area contributed by atoms with E-state index in [2.05, 4.69) is 53.6 Å². The van der Waals surface area contributed by atoms with Crippen LogP contribution in [0.3, 0.4) is 0 Å². The van der Waals surface area contributed by atoms with Crippen molar-refractivity contribution in [1.29, 1.82) is 0 Å². The first kappa shape index (κ1) is 18.5. The van der Waals surface area contributed by atoms with E-state index in [9.17, 15) is 4.79 Å². The Morgan fingerprint density at radius 3 is 2.46 bits per heavy atom. The number of nitrogens with zero attached hydrogens (tertiary/aromatic N) is 3. The van der Waals surface area contributed by atoms with Crippen molar-refractivity contribution in [3.05, 3.63) is 64.7 Å². The summed E-state index contributed by atoms with van der Waals surface area (Å²) in [6, 6.07) is 14.4. The van der Waals surface area contributed by atoms with Gasteiger partial charge in [-0.1, -0.05) is 47.7 Å². The highest BCUT2D eigenvalue weighted by molar-refractivity contribution is 7.99. The van der Waals surface area contributed by atoms with Crippen LogP contribution in [0.5, 0.6) is 0 Å². The Labute approximate surface area is 168 Å². The highest BCUT2D eigenvalue weighted by Gasteiger charge is 2.14. The SMILES string of the molecule is Cc1cc(C)c(NC(=O)CSc2nnc3cc(C)c4ccccc4n23)c(C)c1. The molecular formula is C22H22N4OS. The summed E-state index contributed by atoms with van der Waals surface area (Å²) in [7, 11) is 0. The molecule has 0 aliphatic heterocycles. The van der Waals surface area contributed by atoms with Gasteiger partial charge in [0.1, 0.15) is 0 Å². The van der Waals surface area contributed by atoms with Crippen LogP contribution in [-0.4, -0.2) is 26.3 Å². The summed E-state index contributed by atoms with van der Waals surface area (Å²) in [4.78, 5) is 12.6. The monoisotopic (exact) mass is 390 g/mol. The van der Waals surface area contributed by atoms with Crippen molar-refractivity contribution in [2.24, 2.45) is 0 Å². The highest BCUT2D eigenvalue weighted by atomic mass is 32.2. The lowest BCUT2D eigenvalue weighted by atomic mass is 10.1. The number of benzene rings is 2. The van der Waals surface area contributed by atoms with Crippen molar-refractivity contribution in [1.82, 2.24) is 14.6 Å². The van der Waals surface area contributed by atoms with Gasteiger partial charge in [0, 0.05) is 11.1 Å². The van der Waals surface area contributed by atoms with Crippen molar-refractivity contribution < 1.29 is 4.79 Å². The summed E-state index contributed by atoms with van der Waals surface area (Å²) in [6.45, 7) is 8.17. The molecule has 142 valence electrons. The number of carbonyl (C=O) groups is 1. The van der Waals surface area contributed by atoms with Crippen molar-refractivity contribution in [2.75, 3.05) is 11.1 Å². The number of hydrogen-bond acceptors (Lipinski definition) is 4. The Kier molecular flexibility index (Phi) is 4.81. The van der Waals surface area contributed by atoms with E-state index in [-0.39, 0.29) is 11.7 Å². The number of para-hydroxylation sites is 1. The van der Waals surface area contributed by atoms with Crippen LogP contribution >= 0.6 is 11.8 Å². The Morgan fingerprint density at radius 2 is 1.71 bits per heavy atom. The molecule has 5 nitrogen and oxygen atoms in total. The quantitative estimate of drug-likeness (QED) is 0.506. The van der Waals surface area contributed by atoms with Crippen LogP contribution in [0.2, 0.25) is 0 Å². The van der Waals surface area contributed by atoms with E-state index in [0.717, 1.165) is 44.1 Å². The van der Waals surface area contributed by atoms with E-state index in [1.54, 1.807) is 0 Å². The van der Waals surface area contributed by atoms with E-state index in [1.807, 2.05) is 36.4 Å². The Hall–Kier alpha value is -2.86. The summed E-state index contributed by atoms with van der Waals surface area (Å²) < 4.78 is 2.02. The second-order valence-corrected chi connectivity index (χ2v) is 8.07. The zero-order valence-corrected chi connectivity index (χ0v) is 17.2. The predicted molar refractivity (Wildman–Crippen MR) is 115 cm³/mol. The van der Waals surface area contributed by atoms with E-state index in [1.165, 1.54) is 17.3 Å². The molecular weight excluding hydrogens is 368 g/mol. The van der Waals surface area contributed by atoms with Gasteiger partial charge in [-0.3, -0.25) is 9.20 Å². The Balaban J connectivity index is 1.58. The number of thioether (sulfide) groups is 1. The second kappa shape index (κ2) is 7.28. The molecule has 2 heterocycles. The van der Waals surface area contributed by atoms with Gasteiger partial charge in [0.25, 0.3) is 0 Å². The maximum atomic E-state index is 12.6. The maximum absolute atomic E-state index is 12.6. The number of hydrogen-bond donors (Lipinski definition) is 1. The Bertz CT molecular complexity index is 1190. The van der Waals surface area contributed by atoms with Gasteiger partial charge >= 0.3 is 0 Å². The number of anilines is 1. The standard InChI is InChI=1S/C22H22N4OS/c1-13-9-15(3)21(16(4)10-13)23-20(27)12-28-22-25-24-19-11-14(2)17-7-5-6-8-18(17)26(19)22/h5-11H,12H2,1-4H3,(H,23,27). The van der Waals surface area contributed by atoms with E-state index >= 15 is 0 Å². The third kappa shape index (κ3) is 3.36. The van der Waals surface area contributed by atoms with Gasteiger partial charge in [0.05, 0.1) is 11.3 Å². The average molecular weight is 391 g/mol. The van der Waals surface area contributed by atoms with E-state index in [0.29, 0.717) is 0 Å². The average Bonchev–Trinajstić information content (AvgIpc) is 3.06. The summed E-state index contributed by atoms with van der Waals surface area (Å²) in [5, 5.41) is 13.5. The number of aromatic nitrogens is 3. The molecule has 2 aromatic carbocycles. The smallest absolute Gasteiger partial charge is 0.234 e. The fourth-order valence-corrected chi connectivity index (χ4v) is 4.40. The molecule has 1 amide bonds. The van der Waals surface area contributed by atoms with Crippen molar-refractivity contribution in [2.45, 2.75) is 32.9 Å². The minimum Gasteiger partial charge on any atom is -0.325 e. The molecule has 0 saturated heterocycles. The number of amides is 1. The summed E-state index contributed by atoms with van der Waals surface area (Å²) in [5.41, 5.74) is 7.24. The fourth-order valence-electron chi connectivity index (χ4n) is 3.65. The minimum atomic E-state index is -0.0479. The van der Waals surface area contributed by atoms with Crippen molar-refractivity contribution in [3.8, 4) is 0 Å². The largest absolute Gasteiger partial charge is 0.325 e. The van der Waals surface area contributed by atoms with Crippen LogP contribution < -0.4 is 5.32 Å². The fraction of sp³-hybridized carbons (Fsp3) is 0.227. The summed E-state index contributed by atoms with van der Waals surface area (Å²) >= 11 is 1.40. The van der Waals surface area contributed by atoms with Gasteiger partial charge in [-0.05, 0) is 56.5 Å². The van der Waals surface area contributed by atoms with Gasteiger partial charge in [-0.2, -0.15) is 0 Å². The number of aryl methyl sites for hydroxylation is 4. The molecule has 2 aromatic heterocycles. The van der Waals surface area contributed by atoms with Crippen LogP contribution in [-0.2, 0) is 4.79 Å². The van der Waals surface area contributed by atoms with Crippen molar-refractivity contribution in [3.63, 3.8) is 0 Å². The zero-order valence-electron chi connectivity index (χ0n) is 16.4. The number of carbonyl (C=O) groups excluding carboxylic acids is 1. The number of nitrogens with one attached hydrogen (secondary N) is 1. The molecule has 0 aliphatic rings. The molecule has 0 atom stereocenters. The molecule has 0 radical (unpaired) electrons. The lowest BCUT2D eigenvalue weighted by molar-refractivity contribution is -0.113. The first-order chi connectivity index (χ1) is 13.4. The molecule has 0 bridgehead atoms. The highest BCUT2D eigenvalue weighted by Crippen LogP contribution is 2.26. The van der Waals surface area contributed by atoms with Crippen LogP contribution in [0.1, 0.15) is 22.3 Å². The maximum Gasteiger partial charge on any atom is 0.234 e. The van der Waals surface area contributed by atoms with Gasteiger partial charge in [-0.15, -0.1) is 10.2 Å². The lowest BCUT2D eigenvalue weighted by Crippen LogP contribution is -2.16.